The number of aliphatic hydroxyl groups excluding tert-OH is 1. The first-order valence-electron chi connectivity index (χ1n) is 7.48. The molecule has 3 atom stereocenters. The number of aliphatic hydroxyl groups is 1. The van der Waals surface area contributed by atoms with E-state index >= 15 is 0 Å². The van der Waals surface area contributed by atoms with Crippen molar-refractivity contribution in [1.82, 2.24) is 4.90 Å². The molecule has 0 unspecified atom stereocenters. The lowest BCUT2D eigenvalue weighted by molar-refractivity contribution is 0.0591. The first-order valence-corrected chi connectivity index (χ1v) is 9.44. The molecule has 20 heavy (non-hydrogen) atoms. The summed E-state index contributed by atoms with van der Waals surface area (Å²) in [4.78, 5) is 2.23. The van der Waals surface area contributed by atoms with E-state index < -0.39 is 13.2 Å². The normalized spacial score (nSPS) is 30.6. The molecule has 1 aliphatic heterocycles. The number of hydrogen-bond donors (Lipinski definition) is 1. The fourth-order valence-electron chi connectivity index (χ4n) is 3.47. The molecular weight excluding hydrogens is 269 g/mol. The van der Waals surface area contributed by atoms with E-state index in [2.05, 4.69) is 32.6 Å². The highest BCUT2D eigenvalue weighted by Gasteiger charge is 2.49. The van der Waals surface area contributed by atoms with Gasteiger partial charge in [-0.3, -0.25) is 4.90 Å². The third-order valence-electron chi connectivity index (χ3n) is 4.22. The Morgan fingerprint density at radius 1 is 1.15 bits per heavy atom. The largest absolute Gasteiger partial charge is 0.391 e. The summed E-state index contributed by atoms with van der Waals surface area (Å²) in [5.74, 6) is -0.245. The van der Waals surface area contributed by atoms with Crippen LogP contribution in [-0.2, 0) is 4.57 Å². The fourth-order valence-corrected chi connectivity index (χ4v) is 7.29. The molecule has 1 N–H and O–H groups in total. The average molecular weight is 295 g/mol. The molecule has 0 saturated carbocycles. The van der Waals surface area contributed by atoms with Gasteiger partial charge < -0.3 is 9.67 Å². The van der Waals surface area contributed by atoms with Gasteiger partial charge in [0.1, 0.15) is 7.14 Å². The molecule has 4 heteroatoms. The maximum absolute atomic E-state index is 13.6. The molecule has 1 aromatic carbocycles. The zero-order valence-corrected chi connectivity index (χ0v) is 13.8. The van der Waals surface area contributed by atoms with Crippen LogP contribution in [0, 0.1) is 0 Å². The van der Waals surface area contributed by atoms with E-state index in [1.165, 1.54) is 0 Å². The Balaban J connectivity index is 2.45. The van der Waals surface area contributed by atoms with E-state index in [0.717, 1.165) is 5.30 Å². The second-order valence-corrected chi connectivity index (χ2v) is 9.34. The minimum atomic E-state index is -2.58. The zero-order valence-electron chi connectivity index (χ0n) is 12.9. The smallest absolute Gasteiger partial charge is 0.134 e. The highest BCUT2D eigenvalue weighted by molar-refractivity contribution is 7.72. The predicted molar refractivity (Wildman–Crippen MR) is 85.1 cm³/mol. The molecule has 1 aliphatic rings. The molecular formula is C16H26NO2P. The zero-order chi connectivity index (χ0) is 14.9. The lowest BCUT2D eigenvalue weighted by atomic mass is 10.2. The van der Waals surface area contributed by atoms with Gasteiger partial charge in [-0.05, 0) is 34.1 Å². The molecule has 3 nitrogen and oxygen atoms in total. The van der Waals surface area contributed by atoms with Crippen molar-refractivity contribution in [1.29, 1.82) is 0 Å². The number of rotatable bonds is 4. The standard InChI is InChI=1S/C16H26NO2P/c1-12(2)17(13(3)4)16-15(18)10-11-20(16,19)14-8-6-5-7-9-14/h5-9,12-13,15-16,18H,10-11H2,1-4H3/t15-,16-,20+/m0/s1. The van der Waals surface area contributed by atoms with Gasteiger partial charge in [0, 0.05) is 23.6 Å². The Kier molecular flexibility index (Phi) is 4.73. The Labute approximate surface area is 122 Å². The summed E-state index contributed by atoms with van der Waals surface area (Å²) >= 11 is 0. The average Bonchev–Trinajstić information content (AvgIpc) is 2.69. The van der Waals surface area contributed by atoms with Crippen molar-refractivity contribution in [2.75, 3.05) is 6.16 Å². The van der Waals surface area contributed by atoms with Gasteiger partial charge >= 0.3 is 0 Å². The van der Waals surface area contributed by atoms with Crippen LogP contribution >= 0.6 is 7.14 Å². The van der Waals surface area contributed by atoms with Gasteiger partial charge in [0.25, 0.3) is 0 Å². The molecule has 1 saturated heterocycles. The van der Waals surface area contributed by atoms with Crippen molar-refractivity contribution < 1.29 is 9.67 Å². The van der Waals surface area contributed by atoms with Crippen LogP contribution < -0.4 is 5.30 Å². The lowest BCUT2D eigenvalue weighted by Crippen LogP contribution is -2.49. The van der Waals surface area contributed by atoms with Crippen molar-refractivity contribution >= 4 is 12.4 Å². The second-order valence-electron chi connectivity index (χ2n) is 6.26. The summed E-state index contributed by atoms with van der Waals surface area (Å²) in [5.41, 5.74) is 0. The van der Waals surface area contributed by atoms with Crippen LogP contribution in [0.15, 0.2) is 30.3 Å². The van der Waals surface area contributed by atoms with Crippen molar-refractivity contribution in [2.24, 2.45) is 0 Å². The Hall–Kier alpha value is -0.630. The van der Waals surface area contributed by atoms with E-state index in [4.69, 9.17) is 0 Å². The molecule has 1 aromatic rings. The molecule has 0 radical (unpaired) electrons. The summed E-state index contributed by atoms with van der Waals surface area (Å²) in [6.45, 7) is 8.45. The van der Waals surface area contributed by atoms with Gasteiger partial charge in [-0.25, -0.2) is 0 Å². The fraction of sp³-hybridized carbons (Fsp3) is 0.625. The lowest BCUT2D eigenvalue weighted by Gasteiger charge is -2.40. The van der Waals surface area contributed by atoms with Crippen LogP contribution in [-0.4, -0.2) is 40.1 Å². The van der Waals surface area contributed by atoms with Gasteiger partial charge in [-0.15, -0.1) is 0 Å². The van der Waals surface area contributed by atoms with E-state index in [-0.39, 0.29) is 17.9 Å². The van der Waals surface area contributed by atoms with Crippen LogP contribution in [0.3, 0.4) is 0 Å². The van der Waals surface area contributed by atoms with Gasteiger partial charge in [0.05, 0.1) is 11.9 Å². The third-order valence-corrected chi connectivity index (χ3v) is 7.78. The summed E-state index contributed by atoms with van der Waals surface area (Å²) in [5, 5.41) is 11.4. The minimum Gasteiger partial charge on any atom is -0.391 e. The van der Waals surface area contributed by atoms with Crippen LogP contribution in [0.2, 0.25) is 0 Å². The number of benzene rings is 1. The van der Waals surface area contributed by atoms with E-state index in [1.807, 2.05) is 30.3 Å². The van der Waals surface area contributed by atoms with Crippen LogP contribution in [0.5, 0.6) is 0 Å². The molecule has 1 fully saturated rings. The summed E-state index contributed by atoms with van der Waals surface area (Å²) in [7, 11) is -2.58. The molecule has 0 aromatic heterocycles. The highest BCUT2D eigenvalue weighted by atomic mass is 31.2. The van der Waals surface area contributed by atoms with Gasteiger partial charge in [-0.2, -0.15) is 0 Å². The number of nitrogens with zero attached hydrogens (tertiary/aromatic N) is 1. The molecule has 0 spiro atoms. The quantitative estimate of drug-likeness (QED) is 0.868. The van der Waals surface area contributed by atoms with Gasteiger partial charge in [-0.1, -0.05) is 30.3 Å². The highest BCUT2D eigenvalue weighted by Crippen LogP contribution is 2.58. The van der Waals surface area contributed by atoms with Crippen molar-refractivity contribution in [2.45, 2.75) is 58.1 Å². The maximum Gasteiger partial charge on any atom is 0.134 e. The first-order chi connectivity index (χ1) is 9.38. The van der Waals surface area contributed by atoms with Crippen LogP contribution in [0.25, 0.3) is 0 Å². The van der Waals surface area contributed by atoms with Crippen molar-refractivity contribution in [3.63, 3.8) is 0 Å². The van der Waals surface area contributed by atoms with E-state index in [9.17, 15) is 9.67 Å². The van der Waals surface area contributed by atoms with E-state index in [0.29, 0.717) is 12.6 Å². The Bertz CT molecular complexity index is 479. The molecule has 0 amide bonds. The molecule has 1 heterocycles. The Morgan fingerprint density at radius 2 is 1.70 bits per heavy atom. The predicted octanol–water partition coefficient (Wildman–Crippen LogP) is 2.88. The van der Waals surface area contributed by atoms with Gasteiger partial charge in [0.15, 0.2) is 0 Å². The summed E-state index contributed by atoms with van der Waals surface area (Å²) in [6.07, 6.45) is 0.747. The monoisotopic (exact) mass is 295 g/mol. The SMILES string of the molecule is CC(C)N(C(C)C)[C@@H]1[C@@H](O)CC[P@@]1(=O)c1ccccc1. The second kappa shape index (κ2) is 6.01. The van der Waals surface area contributed by atoms with Crippen molar-refractivity contribution in [3.05, 3.63) is 30.3 Å². The summed E-state index contributed by atoms with van der Waals surface area (Å²) in [6, 6.07) is 10.3. The first kappa shape index (κ1) is 15.8. The minimum absolute atomic E-state index is 0.245. The van der Waals surface area contributed by atoms with Crippen LogP contribution in [0.4, 0.5) is 0 Å². The summed E-state index contributed by atoms with van der Waals surface area (Å²) < 4.78 is 13.6. The van der Waals surface area contributed by atoms with E-state index in [1.54, 1.807) is 0 Å². The van der Waals surface area contributed by atoms with Gasteiger partial charge in [0.2, 0.25) is 0 Å². The molecule has 112 valence electrons. The van der Waals surface area contributed by atoms with Crippen molar-refractivity contribution in [3.8, 4) is 0 Å². The molecule has 2 rings (SSSR count). The Morgan fingerprint density at radius 3 is 2.20 bits per heavy atom. The molecule has 0 aliphatic carbocycles. The topological polar surface area (TPSA) is 40.5 Å². The van der Waals surface area contributed by atoms with Crippen LogP contribution in [0.1, 0.15) is 34.1 Å². The maximum atomic E-state index is 13.6. The number of hydrogen-bond acceptors (Lipinski definition) is 3. The molecule has 0 bridgehead atoms. The third kappa shape index (κ3) is 2.72.